The number of carbonyl (C=O) groups excluding carboxylic acids is 1. The molecule has 3 aromatic rings. The molecule has 0 spiro atoms. The summed E-state index contributed by atoms with van der Waals surface area (Å²) in [6.45, 7) is 2.81. The van der Waals surface area contributed by atoms with Gasteiger partial charge in [-0.1, -0.05) is 35.5 Å². The van der Waals surface area contributed by atoms with Gasteiger partial charge in [-0.3, -0.25) is 4.79 Å². The Bertz CT molecular complexity index is 1000. The Morgan fingerprint density at radius 1 is 1.31 bits per heavy atom. The summed E-state index contributed by atoms with van der Waals surface area (Å²) in [4.78, 5) is 19.0. The van der Waals surface area contributed by atoms with Gasteiger partial charge in [-0.05, 0) is 37.8 Å². The number of rotatable bonds is 5. The Balaban J connectivity index is 1.50. The van der Waals surface area contributed by atoms with E-state index in [0.29, 0.717) is 37.3 Å². The molecule has 1 aliphatic heterocycles. The molecule has 5 nitrogen and oxygen atoms in total. The van der Waals surface area contributed by atoms with Gasteiger partial charge < -0.3 is 9.42 Å². The van der Waals surface area contributed by atoms with Crippen LogP contribution in [0.4, 0.5) is 8.78 Å². The Kier molecular flexibility index (Phi) is 5.56. The number of benzene rings is 1. The summed E-state index contributed by atoms with van der Waals surface area (Å²) in [5, 5.41) is 4.07. The molecule has 0 unspecified atom stereocenters. The van der Waals surface area contributed by atoms with Crippen LogP contribution >= 0.6 is 0 Å². The van der Waals surface area contributed by atoms with Gasteiger partial charge in [-0.2, -0.15) is 0 Å². The normalized spacial score (nSPS) is 17.2. The molecule has 0 N–H and O–H groups in total. The number of halogens is 2. The first kappa shape index (κ1) is 19.5. The second-order valence-electron chi connectivity index (χ2n) is 7.55. The molecule has 0 bridgehead atoms. The van der Waals surface area contributed by atoms with Gasteiger partial charge in [0.2, 0.25) is 5.91 Å². The highest BCUT2D eigenvalue weighted by Crippen LogP contribution is 2.34. The summed E-state index contributed by atoms with van der Waals surface area (Å²) >= 11 is 0. The summed E-state index contributed by atoms with van der Waals surface area (Å²) in [5.41, 5.74) is 2.13. The highest BCUT2D eigenvalue weighted by atomic mass is 19.3. The lowest BCUT2D eigenvalue weighted by Gasteiger charge is -2.32. The Morgan fingerprint density at radius 3 is 2.86 bits per heavy atom. The number of amides is 1. The minimum atomic E-state index is -2.63. The van der Waals surface area contributed by atoms with E-state index in [1.54, 1.807) is 6.92 Å². The number of pyridine rings is 1. The van der Waals surface area contributed by atoms with Crippen molar-refractivity contribution in [3.8, 4) is 0 Å². The Hall–Kier alpha value is -2.83. The largest absolute Gasteiger partial charge is 0.342 e. The molecule has 29 heavy (non-hydrogen) atoms. The minimum Gasteiger partial charge on any atom is -0.342 e. The fourth-order valence-electron chi connectivity index (χ4n) is 4.03. The lowest BCUT2D eigenvalue weighted by atomic mass is 9.92. The summed E-state index contributed by atoms with van der Waals surface area (Å²) in [6.07, 6.45) is 0.118. The van der Waals surface area contributed by atoms with Crippen molar-refractivity contribution in [2.24, 2.45) is 0 Å². The van der Waals surface area contributed by atoms with E-state index in [1.807, 2.05) is 35.2 Å². The van der Waals surface area contributed by atoms with Gasteiger partial charge in [0.25, 0.3) is 12.1 Å². The van der Waals surface area contributed by atoms with E-state index in [0.717, 1.165) is 18.4 Å². The highest BCUT2D eigenvalue weighted by molar-refractivity contribution is 5.80. The average Bonchev–Trinajstić information content (AvgIpc) is 3.13. The molecule has 3 heterocycles. The van der Waals surface area contributed by atoms with E-state index in [4.69, 9.17) is 4.52 Å². The van der Waals surface area contributed by atoms with Crippen LogP contribution in [0.2, 0.25) is 0 Å². The Morgan fingerprint density at radius 2 is 2.10 bits per heavy atom. The van der Waals surface area contributed by atoms with E-state index in [1.165, 1.54) is 6.07 Å². The number of piperidine rings is 1. The van der Waals surface area contributed by atoms with Gasteiger partial charge in [0.05, 0.1) is 11.1 Å². The van der Waals surface area contributed by atoms with E-state index in [9.17, 15) is 13.6 Å². The smallest absolute Gasteiger partial charge is 0.264 e. The first-order valence-corrected chi connectivity index (χ1v) is 9.89. The number of hydrogen-bond donors (Lipinski definition) is 0. The summed E-state index contributed by atoms with van der Waals surface area (Å²) in [5.74, 6) is 0.000885. The van der Waals surface area contributed by atoms with Crippen LogP contribution in [0.3, 0.4) is 0 Å². The number of nitrogens with zero attached hydrogens (tertiary/aromatic N) is 3. The third-order valence-corrected chi connectivity index (χ3v) is 5.57. The van der Waals surface area contributed by atoms with Crippen LogP contribution in [-0.4, -0.2) is 34.0 Å². The molecule has 1 atom stereocenters. The summed E-state index contributed by atoms with van der Waals surface area (Å²) in [7, 11) is 0. The van der Waals surface area contributed by atoms with Crippen LogP contribution in [0, 0.1) is 6.92 Å². The van der Waals surface area contributed by atoms with Crippen molar-refractivity contribution in [1.29, 1.82) is 0 Å². The number of likely N-dealkylation sites (tertiary alicyclic amines) is 1. The van der Waals surface area contributed by atoms with E-state index >= 15 is 0 Å². The zero-order valence-corrected chi connectivity index (χ0v) is 16.3. The van der Waals surface area contributed by atoms with Gasteiger partial charge in [0.1, 0.15) is 0 Å². The zero-order valence-electron chi connectivity index (χ0n) is 16.3. The maximum Gasteiger partial charge on any atom is 0.264 e. The van der Waals surface area contributed by atoms with Crippen molar-refractivity contribution in [3.63, 3.8) is 0 Å². The molecule has 0 saturated carbocycles. The molecule has 1 amide bonds. The monoisotopic (exact) mass is 399 g/mol. The number of fused-ring (bicyclic) bond motifs is 1. The molecule has 1 fully saturated rings. The standard InChI is InChI=1S/C22H23F2N3O2/c1-14-20-17(21(23)24)12-18(25-22(20)29-26-14)16-8-5-11-27(13-16)19(28)10-9-15-6-3-2-4-7-15/h2-4,6-7,12,16,21H,5,8-11,13H2,1H3/t16-/m0/s1. The molecule has 7 heteroatoms. The van der Waals surface area contributed by atoms with Crippen molar-refractivity contribution in [2.75, 3.05) is 13.1 Å². The number of hydrogen-bond acceptors (Lipinski definition) is 4. The molecule has 4 rings (SSSR count). The SMILES string of the molecule is Cc1noc2nc([C@H]3CCCN(C(=O)CCc4ccccc4)C3)cc(C(F)F)c12. The predicted octanol–water partition coefficient (Wildman–Crippen LogP) is 4.81. The lowest BCUT2D eigenvalue weighted by Crippen LogP contribution is -2.39. The summed E-state index contributed by atoms with van der Waals surface area (Å²) < 4.78 is 32.4. The maximum atomic E-state index is 13.6. The molecule has 1 aromatic carbocycles. The average molecular weight is 399 g/mol. The molecule has 152 valence electrons. The van der Waals surface area contributed by atoms with Crippen LogP contribution < -0.4 is 0 Å². The molecule has 0 aliphatic carbocycles. The first-order valence-electron chi connectivity index (χ1n) is 9.89. The van der Waals surface area contributed by atoms with Crippen molar-refractivity contribution in [1.82, 2.24) is 15.0 Å². The number of aromatic nitrogens is 2. The van der Waals surface area contributed by atoms with E-state index < -0.39 is 6.43 Å². The molecule has 2 aromatic heterocycles. The second kappa shape index (κ2) is 8.27. The topological polar surface area (TPSA) is 59.2 Å². The van der Waals surface area contributed by atoms with Gasteiger partial charge in [0, 0.05) is 36.7 Å². The molecule has 1 aliphatic rings. The predicted molar refractivity (Wildman–Crippen MR) is 105 cm³/mol. The van der Waals surface area contributed by atoms with Crippen molar-refractivity contribution < 1.29 is 18.1 Å². The van der Waals surface area contributed by atoms with Gasteiger partial charge in [0.15, 0.2) is 0 Å². The van der Waals surface area contributed by atoms with Crippen molar-refractivity contribution >= 4 is 17.0 Å². The fourth-order valence-corrected chi connectivity index (χ4v) is 4.03. The molecular formula is C22H23F2N3O2. The van der Waals surface area contributed by atoms with Crippen molar-refractivity contribution in [2.45, 2.75) is 45.0 Å². The molecular weight excluding hydrogens is 376 g/mol. The van der Waals surface area contributed by atoms with E-state index in [-0.39, 0.29) is 28.5 Å². The van der Waals surface area contributed by atoms with Gasteiger partial charge in [-0.15, -0.1) is 0 Å². The highest BCUT2D eigenvalue weighted by Gasteiger charge is 2.28. The minimum absolute atomic E-state index is 0.0864. The second-order valence-corrected chi connectivity index (χ2v) is 7.55. The third-order valence-electron chi connectivity index (χ3n) is 5.57. The van der Waals surface area contributed by atoms with Gasteiger partial charge in [-0.25, -0.2) is 13.8 Å². The zero-order chi connectivity index (χ0) is 20.4. The number of carbonyl (C=O) groups is 1. The lowest BCUT2D eigenvalue weighted by molar-refractivity contribution is -0.132. The first-order chi connectivity index (χ1) is 14.0. The van der Waals surface area contributed by atoms with Crippen LogP contribution in [0.15, 0.2) is 40.9 Å². The number of aryl methyl sites for hydroxylation is 2. The molecule has 0 radical (unpaired) electrons. The fraction of sp³-hybridized carbons (Fsp3) is 0.409. The van der Waals surface area contributed by atoms with Crippen LogP contribution in [0.25, 0.3) is 11.1 Å². The maximum absolute atomic E-state index is 13.6. The van der Waals surface area contributed by atoms with Crippen molar-refractivity contribution in [3.05, 3.63) is 58.9 Å². The van der Waals surface area contributed by atoms with Crippen LogP contribution in [0.1, 0.15) is 54.1 Å². The number of alkyl halides is 2. The molecule has 1 saturated heterocycles. The van der Waals surface area contributed by atoms with Gasteiger partial charge >= 0.3 is 0 Å². The van der Waals surface area contributed by atoms with Crippen LogP contribution in [-0.2, 0) is 11.2 Å². The third kappa shape index (κ3) is 4.13. The Labute approximate surface area is 167 Å². The van der Waals surface area contributed by atoms with E-state index in [2.05, 4.69) is 10.1 Å². The summed E-state index contributed by atoms with van der Waals surface area (Å²) in [6, 6.07) is 11.4. The van der Waals surface area contributed by atoms with Crippen LogP contribution in [0.5, 0.6) is 0 Å². The quantitative estimate of drug-likeness (QED) is 0.618.